The van der Waals surface area contributed by atoms with Crippen molar-refractivity contribution in [3.8, 4) is 28.4 Å². The van der Waals surface area contributed by atoms with Gasteiger partial charge < -0.3 is 27.7 Å². The van der Waals surface area contributed by atoms with Crippen LogP contribution in [0.1, 0.15) is 19.4 Å². The van der Waals surface area contributed by atoms with E-state index in [2.05, 4.69) is 0 Å². The fourth-order valence-electron chi connectivity index (χ4n) is 4.35. The highest BCUT2D eigenvalue weighted by Gasteiger charge is 2.25. The number of phenols is 2. The number of hydrogen-bond donors (Lipinski definition) is 2. The molecule has 1 atom stereocenters. The number of benzene rings is 5. The van der Waals surface area contributed by atoms with Gasteiger partial charge in [-0.25, -0.2) is 0 Å². The minimum atomic E-state index is -0.701. The van der Waals surface area contributed by atoms with Crippen LogP contribution in [-0.2, 0) is 10.1 Å². The van der Waals surface area contributed by atoms with Crippen molar-refractivity contribution in [3.63, 3.8) is 0 Å². The zero-order valence-electron chi connectivity index (χ0n) is 22.6. The molecule has 2 N–H and O–H groups in total. The largest absolute Gasteiger partial charge is 0.508 e. The molecule has 0 fully saturated rings. The average Bonchev–Trinajstić information content (AvgIpc) is 3.18. The van der Waals surface area contributed by atoms with Gasteiger partial charge in [0.1, 0.15) is 28.4 Å². The molecule has 6 rings (SSSR count). The van der Waals surface area contributed by atoms with E-state index in [4.69, 9.17) is 17.4 Å². The zero-order chi connectivity index (χ0) is 28.7. The predicted octanol–water partition coefficient (Wildman–Crippen LogP) is 9.94. The minimum Gasteiger partial charge on any atom is -0.508 e. The first-order valence-electron chi connectivity index (χ1n) is 13.0. The minimum absolute atomic E-state index is 0.0288. The molecule has 0 aliphatic heterocycles. The molecule has 41 heavy (non-hydrogen) atoms. The second kappa shape index (κ2) is 13.0. The topological polar surface area (TPSA) is 85.2 Å². The summed E-state index contributed by atoms with van der Waals surface area (Å²) < 4.78 is 22.8. The van der Waals surface area contributed by atoms with Gasteiger partial charge >= 0.3 is 0 Å². The number of hydrogen-bond acceptors (Lipinski definition) is 6. The lowest BCUT2D eigenvalue weighted by Gasteiger charge is -2.26. The molecular formula is C33H30O6P2. The SMILES string of the molecule is CC(C)(OPOc1ccccc1-c1ccccc1O)c1ccccc1O.c1ccc2c(c1)o[pH]oc1ccccc12. The standard InChI is InChI=1S/C21H21O4P.C12H9O2P/c1-21(2,17-11-5-7-13-19(17)23)25-26-24-20-14-8-4-10-16(20)15-9-3-6-12-18(15)22;1-3-7-11-9(5-1)10-6-2-4-8-12(10)14-15-13-11/h3-14,22-23,26H,1-2H3;1-8,15H. The second-order valence-corrected chi connectivity index (χ2v) is 10.8. The Kier molecular flexibility index (Phi) is 8.96. The van der Waals surface area contributed by atoms with Crippen molar-refractivity contribution < 1.29 is 27.7 Å². The summed E-state index contributed by atoms with van der Waals surface area (Å²) in [6.07, 6.45) is 0. The van der Waals surface area contributed by atoms with E-state index < -0.39 is 5.60 Å². The summed E-state index contributed by atoms with van der Waals surface area (Å²) in [6.45, 7) is 3.76. The molecule has 6 nitrogen and oxygen atoms in total. The lowest BCUT2D eigenvalue weighted by molar-refractivity contribution is 0.118. The highest BCUT2D eigenvalue weighted by atomic mass is 31.1. The van der Waals surface area contributed by atoms with Crippen LogP contribution in [0.3, 0.4) is 0 Å². The molecule has 208 valence electrons. The predicted molar refractivity (Wildman–Crippen MR) is 168 cm³/mol. The van der Waals surface area contributed by atoms with E-state index in [-0.39, 0.29) is 29.2 Å². The molecule has 1 unspecified atom stereocenters. The zero-order valence-corrected chi connectivity index (χ0v) is 24.6. The summed E-state index contributed by atoms with van der Waals surface area (Å²) in [4.78, 5) is 0. The average molecular weight is 585 g/mol. The maximum absolute atomic E-state index is 10.1. The fourth-order valence-corrected chi connectivity index (χ4v) is 5.56. The molecule has 1 aromatic heterocycles. The first-order chi connectivity index (χ1) is 19.9. The third-order valence-electron chi connectivity index (χ3n) is 6.45. The Morgan fingerprint density at radius 2 is 1.12 bits per heavy atom. The van der Waals surface area contributed by atoms with E-state index >= 15 is 0 Å². The number of para-hydroxylation sites is 5. The van der Waals surface area contributed by atoms with E-state index in [1.807, 2.05) is 111 Å². The first-order valence-corrected chi connectivity index (χ1v) is 14.6. The highest BCUT2D eigenvalue weighted by Crippen LogP contribution is 2.41. The number of phenolic OH excluding ortho intramolecular Hbond substituents is 2. The molecule has 8 heteroatoms. The molecule has 0 saturated heterocycles. The quantitative estimate of drug-likeness (QED) is 0.190. The molecule has 0 saturated carbocycles. The van der Waals surface area contributed by atoms with Crippen LogP contribution in [0.5, 0.6) is 17.2 Å². The summed E-state index contributed by atoms with van der Waals surface area (Å²) in [5.41, 5.74) is 3.27. The number of aromatic hydroxyl groups is 2. The van der Waals surface area contributed by atoms with Crippen LogP contribution in [0.4, 0.5) is 0 Å². The van der Waals surface area contributed by atoms with Crippen LogP contribution in [-0.4, -0.2) is 10.2 Å². The van der Waals surface area contributed by atoms with Crippen molar-refractivity contribution >= 4 is 39.6 Å². The van der Waals surface area contributed by atoms with E-state index in [9.17, 15) is 10.2 Å². The van der Waals surface area contributed by atoms with Gasteiger partial charge in [-0.05, 0) is 44.2 Å². The Bertz CT molecular complexity index is 1740. The Labute approximate surface area is 241 Å². The molecule has 0 radical (unpaired) electrons. The molecule has 0 bridgehead atoms. The van der Waals surface area contributed by atoms with Gasteiger partial charge in [-0.2, -0.15) is 0 Å². The normalized spacial score (nSPS) is 11.4. The van der Waals surface area contributed by atoms with E-state index in [1.165, 1.54) is 0 Å². The van der Waals surface area contributed by atoms with Gasteiger partial charge in [0.15, 0.2) is 0 Å². The highest BCUT2D eigenvalue weighted by molar-refractivity contribution is 7.26. The van der Waals surface area contributed by atoms with Gasteiger partial charge in [-0.15, -0.1) is 0 Å². The van der Waals surface area contributed by atoms with Crippen molar-refractivity contribution in [2.75, 3.05) is 0 Å². The van der Waals surface area contributed by atoms with Crippen molar-refractivity contribution in [2.24, 2.45) is 0 Å². The molecule has 0 aliphatic rings. The van der Waals surface area contributed by atoms with Crippen molar-refractivity contribution in [1.29, 1.82) is 0 Å². The van der Waals surface area contributed by atoms with Crippen molar-refractivity contribution in [1.82, 2.24) is 0 Å². The van der Waals surface area contributed by atoms with Gasteiger partial charge in [-0.1, -0.05) is 91.0 Å². The smallest absolute Gasteiger partial charge is 0.216 e. The number of rotatable bonds is 6. The third kappa shape index (κ3) is 6.75. The lowest BCUT2D eigenvalue weighted by atomic mass is 9.98. The van der Waals surface area contributed by atoms with Crippen LogP contribution < -0.4 is 4.52 Å². The summed E-state index contributed by atoms with van der Waals surface area (Å²) in [5.74, 6) is 1.01. The van der Waals surface area contributed by atoms with Crippen LogP contribution in [0.2, 0.25) is 0 Å². The molecule has 6 aromatic rings. The first kappa shape index (κ1) is 28.3. The molecular weight excluding hydrogens is 554 g/mol. The summed E-state index contributed by atoms with van der Waals surface area (Å²) in [7, 11) is -0.243. The fraction of sp³-hybridized carbons (Fsp3) is 0.0909. The van der Waals surface area contributed by atoms with Gasteiger partial charge in [0.05, 0.1) is 5.60 Å². The molecule has 0 spiro atoms. The van der Waals surface area contributed by atoms with Gasteiger partial charge in [0, 0.05) is 27.5 Å². The van der Waals surface area contributed by atoms with Crippen LogP contribution >= 0.6 is 17.7 Å². The summed E-state index contributed by atoms with van der Waals surface area (Å²) in [6, 6.07) is 37.7. The van der Waals surface area contributed by atoms with Crippen LogP contribution in [0, 0.1) is 0 Å². The maximum atomic E-state index is 10.1. The van der Waals surface area contributed by atoms with Crippen molar-refractivity contribution in [2.45, 2.75) is 19.4 Å². The van der Waals surface area contributed by atoms with Crippen molar-refractivity contribution in [3.05, 3.63) is 127 Å². The van der Waals surface area contributed by atoms with Crippen LogP contribution in [0.15, 0.2) is 130 Å². The maximum Gasteiger partial charge on any atom is 0.216 e. The van der Waals surface area contributed by atoms with E-state index in [0.717, 1.165) is 27.5 Å². The third-order valence-corrected chi connectivity index (χ3v) is 7.95. The van der Waals surface area contributed by atoms with Gasteiger partial charge in [-0.3, -0.25) is 0 Å². The van der Waals surface area contributed by atoms with E-state index in [0.29, 0.717) is 16.9 Å². The molecule has 0 aliphatic carbocycles. The molecule has 5 aromatic carbocycles. The number of fused-ring (bicyclic) bond motifs is 3. The molecule has 1 heterocycles. The molecule has 0 amide bonds. The van der Waals surface area contributed by atoms with Crippen LogP contribution in [0.25, 0.3) is 33.1 Å². The Hall–Kier alpha value is -4.21. The summed E-state index contributed by atoms with van der Waals surface area (Å²) in [5, 5.41) is 22.3. The van der Waals surface area contributed by atoms with Gasteiger partial charge in [0.25, 0.3) is 0 Å². The second-order valence-electron chi connectivity index (χ2n) is 9.61. The Morgan fingerprint density at radius 1 is 0.610 bits per heavy atom. The lowest BCUT2D eigenvalue weighted by Crippen LogP contribution is -2.18. The monoisotopic (exact) mass is 584 g/mol. The Morgan fingerprint density at radius 3 is 1.76 bits per heavy atom. The van der Waals surface area contributed by atoms with E-state index in [1.54, 1.807) is 24.3 Å². The Balaban J connectivity index is 0.000000189. The summed E-state index contributed by atoms with van der Waals surface area (Å²) >= 11 is 0. The van der Waals surface area contributed by atoms with Gasteiger partial charge in [0.2, 0.25) is 17.7 Å².